The van der Waals surface area contributed by atoms with Gasteiger partial charge in [0, 0.05) is 0 Å². The molecule has 1 rings (SSSR count). The quantitative estimate of drug-likeness (QED) is 0.527. The molecule has 0 aromatic rings. The highest BCUT2D eigenvalue weighted by Crippen LogP contribution is 2.25. The molecule has 11 heavy (non-hydrogen) atoms. The molecule has 0 aromatic carbocycles. The molecule has 0 atom stereocenters. The van der Waals surface area contributed by atoms with Crippen molar-refractivity contribution in [1.29, 1.82) is 0 Å². The summed E-state index contributed by atoms with van der Waals surface area (Å²) in [6, 6.07) is 0. The smallest absolute Gasteiger partial charge is 0.125 e. The normalized spacial score (nSPS) is 24.7. The Labute approximate surface area is 68.8 Å². The molecule has 0 saturated heterocycles. The van der Waals surface area contributed by atoms with E-state index in [-0.39, 0.29) is 0 Å². The van der Waals surface area contributed by atoms with Crippen LogP contribution in [0.5, 0.6) is 0 Å². The highest BCUT2D eigenvalue weighted by Gasteiger charge is 2.23. The van der Waals surface area contributed by atoms with Gasteiger partial charge in [-0.25, -0.2) is 0 Å². The summed E-state index contributed by atoms with van der Waals surface area (Å²) in [5.74, 6) is 2.50. The van der Waals surface area contributed by atoms with Gasteiger partial charge in [0.15, 0.2) is 0 Å². The zero-order chi connectivity index (χ0) is 8.16. The zero-order valence-electron chi connectivity index (χ0n) is 6.97. The van der Waals surface area contributed by atoms with Crippen LogP contribution < -0.4 is 0 Å². The van der Waals surface area contributed by atoms with Crippen LogP contribution >= 0.6 is 0 Å². The number of hydrogen-bond acceptors (Lipinski definition) is 1. The van der Waals surface area contributed by atoms with Crippen molar-refractivity contribution >= 4 is 0 Å². The van der Waals surface area contributed by atoms with Crippen molar-refractivity contribution in [2.45, 2.75) is 50.5 Å². The second-order valence-corrected chi connectivity index (χ2v) is 3.44. The van der Waals surface area contributed by atoms with Gasteiger partial charge in [0.1, 0.15) is 5.60 Å². The van der Waals surface area contributed by atoms with E-state index in [9.17, 15) is 5.11 Å². The molecule has 0 amide bonds. The molecule has 0 bridgehead atoms. The van der Waals surface area contributed by atoms with Crippen LogP contribution in [0.2, 0.25) is 0 Å². The molecule has 0 aliphatic heterocycles. The molecule has 1 saturated carbocycles. The van der Waals surface area contributed by atoms with Gasteiger partial charge in [-0.15, -0.1) is 6.42 Å². The Morgan fingerprint density at radius 2 is 1.45 bits per heavy atom. The zero-order valence-corrected chi connectivity index (χ0v) is 6.97. The largest absolute Gasteiger partial charge is 0.378 e. The van der Waals surface area contributed by atoms with Crippen LogP contribution in [0.4, 0.5) is 0 Å². The van der Waals surface area contributed by atoms with E-state index in [1.54, 1.807) is 0 Å². The van der Waals surface area contributed by atoms with Gasteiger partial charge >= 0.3 is 0 Å². The van der Waals surface area contributed by atoms with E-state index in [0.717, 1.165) is 25.7 Å². The summed E-state index contributed by atoms with van der Waals surface area (Å²) in [6.45, 7) is 0. The van der Waals surface area contributed by atoms with Crippen LogP contribution in [0, 0.1) is 12.3 Å². The Kier molecular flexibility index (Phi) is 2.96. The molecule has 0 aromatic heterocycles. The highest BCUT2D eigenvalue weighted by atomic mass is 16.3. The fourth-order valence-corrected chi connectivity index (χ4v) is 1.63. The Balaban J connectivity index is 2.45. The molecule has 0 unspecified atom stereocenters. The van der Waals surface area contributed by atoms with Gasteiger partial charge in [-0.1, -0.05) is 25.2 Å². The van der Waals surface area contributed by atoms with Gasteiger partial charge in [-0.3, -0.25) is 0 Å². The molecule has 1 aliphatic carbocycles. The molecule has 0 heterocycles. The number of terminal acetylenes is 1. The topological polar surface area (TPSA) is 20.2 Å². The van der Waals surface area contributed by atoms with Crippen LogP contribution in [0.25, 0.3) is 0 Å². The molecule has 62 valence electrons. The molecule has 1 heteroatoms. The van der Waals surface area contributed by atoms with Crippen LogP contribution in [-0.2, 0) is 0 Å². The summed E-state index contributed by atoms with van der Waals surface area (Å²) in [5.41, 5.74) is -0.777. The minimum Gasteiger partial charge on any atom is -0.378 e. The average Bonchev–Trinajstić information content (AvgIpc) is 1.98. The van der Waals surface area contributed by atoms with E-state index in [1.807, 2.05) is 0 Å². The predicted octanol–water partition coefficient (Wildman–Crippen LogP) is 2.09. The van der Waals surface area contributed by atoms with Crippen molar-refractivity contribution in [1.82, 2.24) is 0 Å². The van der Waals surface area contributed by atoms with Gasteiger partial charge < -0.3 is 5.11 Å². The van der Waals surface area contributed by atoms with Gasteiger partial charge in [-0.05, 0) is 25.7 Å². The third-order valence-corrected chi connectivity index (χ3v) is 2.45. The Bertz CT molecular complexity index is 147. The third-order valence-electron chi connectivity index (χ3n) is 2.45. The van der Waals surface area contributed by atoms with Crippen molar-refractivity contribution in [3.63, 3.8) is 0 Å². The first-order valence-electron chi connectivity index (χ1n) is 4.47. The van der Waals surface area contributed by atoms with Crippen molar-refractivity contribution in [3.8, 4) is 12.3 Å². The van der Waals surface area contributed by atoms with Crippen molar-refractivity contribution in [2.24, 2.45) is 0 Å². The molecule has 1 nitrogen and oxygen atoms in total. The molecule has 1 N–H and O–H groups in total. The lowest BCUT2D eigenvalue weighted by Crippen LogP contribution is -2.26. The molecule has 1 fully saturated rings. The first-order valence-corrected chi connectivity index (χ1v) is 4.47. The van der Waals surface area contributed by atoms with Gasteiger partial charge in [-0.2, -0.15) is 0 Å². The number of aliphatic hydroxyl groups is 1. The Morgan fingerprint density at radius 1 is 1.00 bits per heavy atom. The minimum atomic E-state index is -0.777. The fraction of sp³-hybridized carbons (Fsp3) is 0.800. The second kappa shape index (κ2) is 3.78. The second-order valence-electron chi connectivity index (χ2n) is 3.44. The van der Waals surface area contributed by atoms with E-state index in [2.05, 4.69) is 5.92 Å². The van der Waals surface area contributed by atoms with Crippen molar-refractivity contribution < 1.29 is 5.11 Å². The standard InChI is InChI=1S/C10H16O/c1-2-10(11)8-6-4-3-5-7-9-10/h1,11H,3-9H2. The van der Waals surface area contributed by atoms with E-state index in [1.165, 1.54) is 19.3 Å². The van der Waals surface area contributed by atoms with E-state index in [0.29, 0.717) is 0 Å². The maximum absolute atomic E-state index is 9.75. The monoisotopic (exact) mass is 152 g/mol. The van der Waals surface area contributed by atoms with Gasteiger partial charge in [0.2, 0.25) is 0 Å². The molecule has 0 radical (unpaired) electrons. The lowest BCUT2D eigenvalue weighted by molar-refractivity contribution is 0.0720. The summed E-state index contributed by atoms with van der Waals surface area (Å²) in [4.78, 5) is 0. The van der Waals surface area contributed by atoms with Crippen molar-refractivity contribution in [2.75, 3.05) is 0 Å². The SMILES string of the molecule is C#CC1(O)CCCCCCC1. The lowest BCUT2D eigenvalue weighted by Gasteiger charge is -2.24. The van der Waals surface area contributed by atoms with Crippen LogP contribution in [0.3, 0.4) is 0 Å². The average molecular weight is 152 g/mol. The molecular formula is C10H16O. The molecule has 1 aliphatic rings. The first-order chi connectivity index (χ1) is 5.27. The van der Waals surface area contributed by atoms with Crippen LogP contribution in [0.15, 0.2) is 0 Å². The van der Waals surface area contributed by atoms with E-state index in [4.69, 9.17) is 6.42 Å². The molecular weight excluding hydrogens is 136 g/mol. The van der Waals surface area contributed by atoms with Crippen molar-refractivity contribution in [3.05, 3.63) is 0 Å². The van der Waals surface area contributed by atoms with E-state index < -0.39 is 5.60 Å². The first kappa shape index (κ1) is 8.62. The minimum absolute atomic E-state index is 0.777. The number of rotatable bonds is 0. The van der Waals surface area contributed by atoms with Gasteiger partial charge in [0.25, 0.3) is 0 Å². The summed E-state index contributed by atoms with van der Waals surface area (Å²) < 4.78 is 0. The summed E-state index contributed by atoms with van der Waals surface area (Å²) in [6.07, 6.45) is 12.8. The number of hydrogen-bond donors (Lipinski definition) is 1. The predicted molar refractivity (Wildman–Crippen MR) is 46.1 cm³/mol. The highest BCUT2D eigenvalue weighted by molar-refractivity contribution is 5.07. The maximum Gasteiger partial charge on any atom is 0.125 e. The van der Waals surface area contributed by atoms with E-state index >= 15 is 0 Å². The lowest BCUT2D eigenvalue weighted by atomic mass is 9.88. The summed E-state index contributed by atoms with van der Waals surface area (Å²) in [7, 11) is 0. The van der Waals surface area contributed by atoms with Gasteiger partial charge in [0.05, 0.1) is 0 Å². The Morgan fingerprint density at radius 3 is 1.91 bits per heavy atom. The Hall–Kier alpha value is -0.480. The summed E-state index contributed by atoms with van der Waals surface area (Å²) in [5, 5.41) is 9.75. The van der Waals surface area contributed by atoms with Crippen LogP contribution in [0.1, 0.15) is 44.9 Å². The third kappa shape index (κ3) is 2.55. The van der Waals surface area contributed by atoms with Crippen LogP contribution in [-0.4, -0.2) is 10.7 Å². The fourth-order valence-electron chi connectivity index (χ4n) is 1.63. The maximum atomic E-state index is 9.75. The molecule has 0 spiro atoms. The summed E-state index contributed by atoms with van der Waals surface area (Å²) >= 11 is 0.